The first-order valence-electron chi connectivity index (χ1n) is 9.96. The second-order valence-corrected chi connectivity index (χ2v) is 7.87. The number of benzene rings is 1. The van der Waals surface area contributed by atoms with Gasteiger partial charge in [0.25, 0.3) is 0 Å². The zero-order valence-corrected chi connectivity index (χ0v) is 17.0. The molecular weight excluding hydrogens is 370 g/mol. The lowest BCUT2D eigenvalue weighted by Gasteiger charge is -2.17. The van der Waals surface area contributed by atoms with Crippen LogP contribution in [0.15, 0.2) is 24.4 Å². The molecule has 0 amide bonds. The highest BCUT2D eigenvalue weighted by molar-refractivity contribution is 5.70. The van der Waals surface area contributed by atoms with Gasteiger partial charge in [-0.1, -0.05) is 19.9 Å². The van der Waals surface area contributed by atoms with E-state index < -0.39 is 0 Å². The molecule has 1 fully saturated rings. The number of ether oxygens (including phenoxy) is 2. The second-order valence-electron chi connectivity index (χ2n) is 7.87. The smallest absolute Gasteiger partial charge is 0.223 e. The number of fused-ring (bicyclic) bond motifs is 1. The SMILES string of the molecule is COc1ccc(Cn2c(=N)ncc3[nH]c(C(C)C)nc32)cc1OC1CCC(O)C1. The monoisotopic (exact) mass is 397 g/mol. The van der Waals surface area contributed by atoms with Gasteiger partial charge in [0, 0.05) is 12.3 Å². The minimum atomic E-state index is -0.297. The summed E-state index contributed by atoms with van der Waals surface area (Å²) in [7, 11) is 1.61. The number of methoxy groups -OCH3 is 1. The summed E-state index contributed by atoms with van der Waals surface area (Å²) in [5.41, 5.74) is 2.64. The maximum atomic E-state index is 9.77. The molecule has 154 valence electrons. The van der Waals surface area contributed by atoms with Gasteiger partial charge in [-0.05, 0) is 30.5 Å². The standard InChI is InChI=1S/C21H27N5O3/c1-12(2)19-24-16-10-23-21(22)26(20(16)25-19)11-13-4-7-17(28-3)18(8-13)29-15-6-5-14(27)9-15/h4,7-8,10,12,14-15,22,27H,5-6,9,11H2,1-3H3,(H,24,25). The summed E-state index contributed by atoms with van der Waals surface area (Å²) in [6.07, 6.45) is 3.56. The third kappa shape index (κ3) is 3.98. The molecular formula is C21H27N5O3. The summed E-state index contributed by atoms with van der Waals surface area (Å²) in [4.78, 5) is 12.2. The molecule has 29 heavy (non-hydrogen) atoms. The van der Waals surface area contributed by atoms with Gasteiger partial charge in [-0.2, -0.15) is 0 Å². The highest BCUT2D eigenvalue weighted by Gasteiger charge is 2.25. The fourth-order valence-electron chi connectivity index (χ4n) is 3.71. The molecule has 0 bridgehead atoms. The van der Waals surface area contributed by atoms with E-state index in [1.165, 1.54) is 0 Å². The molecule has 1 saturated carbocycles. The van der Waals surface area contributed by atoms with Gasteiger partial charge in [-0.25, -0.2) is 9.97 Å². The average Bonchev–Trinajstić information content (AvgIpc) is 3.31. The summed E-state index contributed by atoms with van der Waals surface area (Å²) in [5, 5.41) is 18.0. The lowest BCUT2D eigenvalue weighted by molar-refractivity contribution is 0.147. The molecule has 1 aromatic carbocycles. The number of imidazole rings is 1. The van der Waals surface area contributed by atoms with Gasteiger partial charge in [0.15, 0.2) is 17.1 Å². The fourth-order valence-corrected chi connectivity index (χ4v) is 3.71. The van der Waals surface area contributed by atoms with Crippen molar-refractivity contribution in [3.05, 3.63) is 41.4 Å². The van der Waals surface area contributed by atoms with Gasteiger partial charge >= 0.3 is 0 Å². The van der Waals surface area contributed by atoms with E-state index in [1.54, 1.807) is 17.9 Å². The van der Waals surface area contributed by atoms with Crippen molar-refractivity contribution in [2.45, 2.75) is 57.8 Å². The number of hydrogen-bond acceptors (Lipinski definition) is 6. The van der Waals surface area contributed by atoms with E-state index in [0.717, 1.165) is 29.7 Å². The Hall–Kier alpha value is -2.87. The van der Waals surface area contributed by atoms with E-state index in [2.05, 4.69) is 28.8 Å². The average molecular weight is 397 g/mol. The Morgan fingerprint density at radius 3 is 2.83 bits per heavy atom. The summed E-state index contributed by atoms with van der Waals surface area (Å²) in [5.74, 6) is 2.44. The highest BCUT2D eigenvalue weighted by atomic mass is 16.5. The number of aromatic nitrogens is 4. The van der Waals surface area contributed by atoms with Crippen LogP contribution in [0.1, 0.15) is 50.4 Å². The van der Waals surface area contributed by atoms with Crippen LogP contribution in [0.4, 0.5) is 0 Å². The van der Waals surface area contributed by atoms with E-state index in [4.69, 9.17) is 14.9 Å². The molecule has 8 nitrogen and oxygen atoms in total. The quantitative estimate of drug-likeness (QED) is 0.593. The van der Waals surface area contributed by atoms with E-state index in [0.29, 0.717) is 30.1 Å². The van der Waals surface area contributed by atoms with E-state index in [9.17, 15) is 5.11 Å². The van der Waals surface area contributed by atoms with Crippen molar-refractivity contribution in [3.63, 3.8) is 0 Å². The number of hydrogen-bond donors (Lipinski definition) is 3. The Labute approximate surface area is 169 Å². The van der Waals surface area contributed by atoms with Gasteiger partial charge in [0.2, 0.25) is 5.62 Å². The molecule has 2 heterocycles. The molecule has 3 aromatic rings. The van der Waals surface area contributed by atoms with E-state index >= 15 is 0 Å². The molecule has 2 atom stereocenters. The third-order valence-electron chi connectivity index (χ3n) is 5.32. The van der Waals surface area contributed by atoms with Crippen LogP contribution < -0.4 is 15.1 Å². The maximum absolute atomic E-state index is 9.77. The molecule has 0 aliphatic heterocycles. The second kappa shape index (κ2) is 7.87. The van der Waals surface area contributed by atoms with Gasteiger partial charge in [0.1, 0.15) is 17.4 Å². The van der Waals surface area contributed by atoms with Crippen molar-refractivity contribution >= 4 is 11.2 Å². The summed E-state index contributed by atoms with van der Waals surface area (Å²) >= 11 is 0. The Bertz CT molecular complexity index is 1070. The fraction of sp³-hybridized carbons (Fsp3) is 0.476. The van der Waals surface area contributed by atoms with E-state index in [-0.39, 0.29) is 23.7 Å². The van der Waals surface area contributed by atoms with Gasteiger partial charge in [0.05, 0.1) is 26.0 Å². The molecule has 4 rings (SSSR count). The zero-order chi connectivity index (χ0) is 20.5. The third-order valence-corrected chi connectivity index (χ3v) is 5.32. The van der Waals surface area contributed by atoms with Crippen molar-refractivity contribution in [1.82, 2.24) is 19.5 Å². The predicted molar refractivity (Wildman–Crippen MR) is 108 cm³/mol. The Morgan fingerprint density at radius 2 is 2.14 bits per heavy atom. The molecule has 2 unspecified atom stereocenters. The van der Waals surface area contributed by atoms with Crippen LogP contribution >= 0.6 is 0 Å². The Morgan fingerprint density at radius 1 is 1.31 bits per heavy atom. The number of nitrogens with zero attached hydrogens (tertiary/aromatic N) is 3. The molecule has 0 radical (unpaired) electrons. The van der Waals surface area contributed by atoms with Crippen molar-refractivity contribution < 1.29 is 14.6 Å². The predicted octanol–water partition coefficient (Wildman–Crippen LogP) is 2.71. The van der Waals surface area contributed by atoms with E-state index in [1.807, 2.05) is 18.2 Å². The topological polar surface area (TPSA) is 109 Å². The van der Waals surface area contributed by atoms with Crippen LogP contribution in [-0.2, 0) is 6.54 Å². The van der Waals surface area contributed by atoms with Crippen LogP contribution in [0.25, 0.3) is 11.2 Å². The number of H-pyrrole nitrogens is 1. The van der Waals surface area contributed by atoms with Crippen LogP contribution in [0, 0.1) is 5.41 Å². The molecule has 0 saturated heterocycles. The number of aliphatic hydroxyl groups is 1. The lowest BCUT2D eigenvalue weighted by atomic mass is 10.2. The van der Waals surface area contributed by atoms with Gasteiger partial charge in [-0.3, -0.25) is 9.98 Å². The minimum absolute atomic E-state index is 0.0152. The molecule has 1 aliphatic carbocycles. The molecule has 2 aromatic heterocycles. The summed E-state index contributed by atoms with van der Waals surface area (Å²) in [6.45, 7) is 4.59. The Kier molecular flexibility index (Phi) is 5.27. The maximum Gasteiger partial charge on any atom is 0.223 e. The van der Waals surface area contributed by atoms with Crippen LogP contribution in [-0.4, -0.2) is 43.9 Å². The number of aromatic amines is 1. The normalized spacial score (nSPS) is 19.2. The van der Waals surface area contributed by atoms with Crippen LogP contribution in [0.5, 0.6) is 11.5 Å². The van der Waals surface area contributed by atoms with Gasteiger partial charge < -0.3 is 19.6 Å². The first-order valence-corrected chi connectivity index (χ1v) is 9.96. The molecule has 1 aliphatic rings. The zero-order valence-electron chi connectivity index (χ0n) is 17.0. The van der Waals surface area contributed by atoms with Crippen molar-refractivity contribution in [3.8, 4) is 11.5 Å². The minimum Gasteiger partial charge on any atom is -0.493 e. The Balaban J connectivity index is 1.66. The molecule has 0 spiro atoms. The van der Waals surface area contributed by atoms with Crippen molar-refractivity contribution in [2.75, 3.05) is 7.11 Å². The summed E-state index contributed by atoms with van der Waals surface area (Å²) in [6, 6.07) is 5.76. The highest BCUT2D eigenvalue weighted by Crippen LogP contribution is 2.33. The molecule has 3 N–H and O–H groups in total. The van der Waals surface area contributed by atoms with Crippen LogP contribution in [0.2, 0.25) is 0 Å². The van der Waals surface area contributed by atoms with Crippen molar-refractivity contribution in [2.24, 2.45) is 0 Å². The first-order chi connectivity index (χ1) is 13.9. The van der Waals surface area contributed by atoms with Crippen LogP contribution in [0.3, 0.4) is 0 Å². The largest absolute Gasteiger partial charge is 0.493 e. The number of aliphatic hydroxyl groups excluding tert-OH is 1. The first kappa shape index (κ1) is 19.4. The van der Waals surface area contributed by atoms with Gasteiger partial charge in [-0.15, -0.1) is 0 Å². The molecule has 8 heteroatoms. The lowest BCUT2D eigenvalue weighted by Crippen LogP contribution is -2.24. The van der Waals surface area contributed by atoms with Crippen molar-refractivity contribution in [1.29, 1.82) is 5.41 Å². The summed E-state index contributed by atoms with van der Waals surface area (Å²) < 4.78 is 13.4. The number of nitrogens with one attached hydrogen (secondary N) is 2. The number of rotatable bonds is 6.